The van der Waals surface area contributed by atoms with Gasteiger partial charge in [-0.05, 0) is 95.2 Å². The smallest absolute Gasteiger partial charge is 0.428 e. The fourth-order valence-corrected chi connectivity index (χ4v) is 8.88. The number of carbonyl (C=O) groups is 2. The van der Waals surface area contributed by atoms with Crippen LogP contribution in [-0.4, -0.2) is 35.6 Å². The zero-order chi connectivity index (χ0) is 31.2. The summed E-state index contributed by atoms with van der Waals surface area (Å²) in [6.07, 6.45) is 1.93. The summed E-state index contributed by atoms with van der Waals surface area (Å²) in [6.45, 7) is 6.42. The molecular weight excluding hydrogens is 594 g/mol. The molecule has 7 rings (SSSR count). The Morgan fingerprint density at radius 1 is 0.791 bits per heavy atom. The molecule has 4 fully saturated rings. The van der Waals surface area contributed by atoms with E-state index in [2.05, 4.69) is 93.6 Å². The lowest BCUT2D eigenvalue weighted by atomic mass is 9.53. The van der Waals surface area contributed by atoms with Gasteiger partial charge in [0.1, 0.15) is 11.4 Å². The molecule has 3 aromatic rings. The summed E-state index contributed by atoms with van der Waals surface area (Å²) in [5.74, 6) is -2.78. The molecule has 0 radical (unpaired) electrons. The molecule has 10 heteroatoms. The molecule has 4 saturated carbocycles. The van der Waals surface area contributed by atoms with Crippen molar-refractivity contribution in [1.82, 2.24) is 0 Å². The molecule has 2 unspecified atom stereocenters. The number of hydrogen-bond acceptors (Lipinski definition) is 6. The Hall–Kier alpha value is -3.08. The molecular formula is C33H34F2O6S2. The molecule has 4 bridgehead atoms. The average molecular weight is 629 g/mol. The first kappa shape index (κ1) is 31.3. The van der Waals surface area contributed by atoms with Crippen LogP contribution < -0.4 is 0 Å². The highest BCUT2D eigenvalue weighted by Crippen LogP contribution is 2.56. The average Bonchev–Trinajstić information content (AvgIpc) is 2.94. The number of carbonyl (C=O) groups excluding carboxylic acids is 2. The van der Waals surface area contributed by atoms with E-state index >= 15 is 0 Å². The number of halogens is 2. The molecule has 4 aliphatic carbocycles. The lowest BCUT2D eigenvalue weighted by molar-refractivity contribution is -0.201. The molecule has 4 aliphatic rings. The van der Waals surface area contributed by atoms with Gasteiger partial charge < -0.3 is 9.29 Å². The summed E-state index contributed by atoms with van der Waals surface area (Å²) in [7, 11) is -6.16. The molecule has 2 atom stereocenters. The quantitative estimate of drug-likeness (QED) is 0.175. The van der Waals surface area contributed by atoms with Crippen molar-refractivity contribution in [3.05, 3.63) is 89.5 Å². The lowest BCUT2D eigenvalue weighted by Crippen LogP contribution is -2.58. The van der Waals surface area contributed by atoms with Crippen LogP contribution >= 0.6 is 0 Å². The SMILES string of the molecule is Cc1ccc([S+](c2ccc(C)cc2)c2ccc(C)cc2)cc1.O=C1C2CC3CC1CC(OC(=O)C(F)(F)S(=O)(=O)[O-])(C3)C2. The van der Waals surface area contributed by atoms with E-state index in [-0.39, 0.29) is 47.3 Å². The fraction of sp³-hybridized carbons (Fsp3) is 0.394. The van der Waals surface area contributed by atoms with E-state index in [1.165, 1.54) is 31.4 Å². The fourth-order valence-electron chi connectivity index (χ4n) is 6.59. The monoisotopic (exact) mass is 628 g/mol. The van der Waals surface area contributed by atoms with Crippen molar-refractivity contribution in [2.45, 2.75) is 78.4 Å². The molecule has 0 heterocycles. The molecule has 43 heavy (non-hydrogen) atoms. The van der Waals surface area contributed by atoms with E-state index < -0.39 is 26.9 Å². The number of ketones is 1. The van der Waals surface area contributed by atoms with E-state index in [4.69, 9.17) is 4.74 Å². The summed E-state index contributed by atoms with van der Waals surface area (Å²) in [5.41, 5.74) is 2.69. The van der Waals surface area contributed by atoms with Crippen LogP contribution in [0.5, 0.6) is 0 Å². The number of hydrogen-bond donors (Lipinski definition) is 0. The Kier molecular flexibility index (Phi) is 8.59. The highest BCUT2D eigenvalue weighted by molar-refractivity contribution is 7.97. The minimum absolute atomic E-state index is 0.0394. The van der Waals surface area contributed by atoms with Gasteiger partial charge in [-0.15, -0.1) is 0 Å². The van der Waals surface area contributed by atoms with Gasteiger partial charge in [0, 0.05) is 11.8 Å². The summed E-state index contributed by atoms with van der Waals surface area (Å²) in [4.78, 5) is 27.5. The van der Waals surface area contributed by atoms with Crippen molar-refractivity contribution in [1.29, 1.82) is 0 Å². The third-order valence-corrected chi connectivity index (χ3v) is 11.6. The van der Waals surface area contributed by atoms with Crippen LogP contribution in [0.1, 0.15) is 48.8 Å². The first-order valence-corrected chi connectivity index (χ1v) is 16.9. The van der Waals surface area contributed by atoms with Crippen LogP contribution in [0.15, 0.2) is 87.5 Å². The van der Waals surface area contributed by atoms with E-state index in [9.17, 15) is 31.3 Å². The Morgan fingerprint density at radius 3 is 1.51 bits per heavy atom. The van der Waals surface area contributed by atoms with Gasteiger partial charge in [0.25, 0.3) is 0 Å². The van der Waals surface area contributed by atoms with Crippen molar-refractivity contribution in [2.75, 3.05) is 0 Å². The zero-order valence-corrected chi connectivity index (χ0v) is 25.9. The summed E-state index contributed by atoms with van der Waals surface area (Å²) >= 11 is 0. The topological polar surface area (TPSA) is 101 Å². The highest BCUT2D eigenvalue weighted by Gasteiger charge is 2.60. The molecule has 3 aromatic carbocycles. The van der Waals surface area contributed by atoms with Crippen LogP contribution in [0.25, 0.3) is 0 Å². The van der Waals surface area contributed by atoms with Crippen LogP contribution in [0.2, 0.25) is 0 Å². The number of Topliss-reactive ketones (excluding diaryl/α,β-unsaturated/α-hetero) is 1. The number of rotatable bonds is 6. The maximum atomic E-state index is 13.2. The van der Waals surface area contributed by atoms with Crippen LogP contribution in [0.3, 0.4) is 0 Å². The van der Waals surface area contributed by atoms with Crippen molar-refractivity contribution < 1.29 is 36.1 Å². The number of benzene rings is 3. The van der Waals surface area contributed by atoms with Gasteiger partial charge >= 0.3 is 11.2 Å². The van der Waals surface area contributed by atoms with Crippen LogP contribution in [0.4, 0.5) is 8.78 Å². The van der Waals surface area contributed by atoms with E-state index in [0.29, 0.717) is 19.3 Å². The number of alkyl halides is 2. The van der Waals surface area contributed by atoms with Crippen molar-refractivity contribution in [2.24, 2.45) is 17.8 Å². The normalized spacial score (nSPS) is 24.4. The van der Waals surface area contributed by atoms with Gasteiger partial charge in [0.2, 0.25) is 0 Å². The number of ether oxygens (including phenoxy) is 1. The standard InChI is InChI=1S/C21H21S.C12H14F2O6S/c1-16-4-10-19(11-5-16)22(20-12-6-17(2)7-13-20)21-14-8-18(3)9-15-21;13-12(14,21(17,18)19)10(16)20-11-3-6-1-7(4-11)9(15)8(2-6)5-11/h4-15H,1-3H3;6-8H,1-5H2,(H,17,18,19)/q+1;/p-1. The summed E-state index contributed by atoms with van der Waals surface area (Å²) < 4.78 is 62.7. The molecule has 0 N–H and O–H groups in total. The molecule has 0 saturated heterocycles. The molecule has 228 valence electrons. The molecule has 6 nitrogen and oxygen atoms in total. The van der Waals surface area contributed by atoms with Crippen LogP contribution in [-0.2, 0) is 35.3 Å². The Bertz CT molecular complexity index is 1480. The first-order chi connectivity index (χ1) is 20.2. The minimum atomic E-state index is -6.12. The molecule has 0 amide bonds. The second kappa shape index (κ2) is 11.8. The van der Waals surface area contributed by atoms with Crippen molar-refractivity contribution >= 4 is 32.8 Å². The van der Waals surface area contributed by atoms with E-state index in [1.54, 1.807) is 0 Å². The van der Waals surface area contributed by atoms with Crippen LogP contribution in [0, 0.1) is 38.5 Å². The molecule has 0 aromatic heterocycles. The number of aryl methyl sites for hydroxylation is 3. The largest absolute Gasteiger partial charge is 0.743 e. The van der Waals surface area contributed by atoms with Gasteiger partial charge in [-0.1, -0.05) is 53.1 Å². The Balaban J connectivity index is 0.000000171. The second-order valence-corrected chi connectivity index (χ2v) is 15.5. The Morgan fingerprint density at radius 2 is 1.16 bits per heavy atom. The Labute approximate surface area is 253 Å². The van der Waals surface area contributed by atoms with Gasteiger partial charge in [-0.25, -0.2) is 13.2 Å². The lowest BCUT2D eigenvalue weighted by Gasteiger charge is -2.54. The highest BCUT2D eigenvalue weighted by atomic mass is 32.2. The maximum Gasteiger partial charge on any atom is 0.428 e. The predicted octanol–water partition coefficient (Wildman–Crippen LogP) is 6.52. The van der Waals surface area contributed by atoms with Gasteiger partial charge in [0.05, 0.1) is 10.9 Å². The summed E-state index contributed by atoms with van der Waals surface area (Å²) in [5, 5.41) is -5.10. The maximum absolute atomic E-state index is 13.2. The minimum Gasteiger partial charge on any atom is -0.743 e. The van der Waals surface area contributed by atoms with Gasteiger partial charge in [0.15, 0.2) is 24.8 Å². The van der Waals surface area contributed by atoms with Crippen molar-refractivity contribution in [3.63, 3.8) is 0 Å². The van der Waals surface area contributed by atoms with Gasteiger partial charge in [-0.3, -0.25) is 4.79 Å². The van der Waals surface area contributed by atoms with E-state index in [0.717, 1.165) is 0 Å². The predicted molar refractivity (Wildman–Crippen MR) is 158 cm³/mol. The zero-order valence-electron chi connectivity index (χ0n) is 24.2. The molecule has 0 aliphatic heterocycles. The van der Waals surface area contributed by atoms with Gasteiger partial charge in [-0.2, -0.15) is 8.78 Å². The summed E-state index contributed by atoms with van der Waals surface area (Å²) in [6, 6.07) is 26.8. The second-order valence-electron chi connectivity index (χ2n) is 12.0. The first-order valence-electron chi connectivity index (χ1n) is 14.2. The number of esters is 1. The van der Waals surface area contributed by atoms with E-state index in [1.807, 2.05) is 0 Å². The van der Waals surface area contributed by atoms with Crippen molar-refractivity contribution in [3.8, 4) is 0 Å². The third kappa shape index (κ3) is 6.56. The molecule has 0 spiro atoms. The third-order valence-electron chi connectivity index (χ3n) is 8.57.